The number of fused-ring (bicyclic) bond motifs is 2. The van der Waals surface area contributed by atoms with Gasteiger partial charge in [0.15, 0.2) is 11.5 Å². The van der Waals surface area contributed by atoms with Crippen LogP contribution in [0, 0.1) is 0 Å². The molecule has 0 saturated heterocycles. The molecule has 0 spiro atoms. The molecule has 4 aromatic rings. The Kier molecular flexibility index (Phi) is 5.94. The van der Waals surface area contributed by atoms with Crippen molar-refractivity contribution in [2.24, 2.45) is 0 Å². The summed E-state index contributed by atoms with van der Waals surface area (Å²) in [4.78, 5) is 19.0. The average molecular weight is 471 g/mol. The molecule has 1 aliphatic carbocycles. The predicted octanol–water partition coefficient (Wildman–Crippen LogP) is 4.97. The number of ether oxygens (including phenoxy) is 2. The van der Waals surface area contributed by atoms with E-state index in [2.05, 4.69) is 34.6 Å². The summed E-state index contributed by atoms with van der Waals surface area (Å²) in [5, 5.41) is 9.04. The van der Waals surface area contributed by atoms with Crippen molar-refractivity contribution in [3.05, 3.63) is 66.4 Å². The Morgan fingerprint density at radius 3 is 2.60 bits per heavy atom. The van der Waals surface area contributed by atoms with E-state index >= 15 is 0 Å². The predicted molar refractivity (Wildman–Crippen MR) is 140 cm³/mol. The van der Waals surface area contributed by atoms with E-state index in [9.17, 15) is 4.79 Å². The monoisotopic (exact) mass is 470 g/mol. The Hall–Kier alpha value is -3.84. The number of hydrogen-bond donors (Lipinski definition) is 2. The first-order valence-electron chi connectivity index (χ1n) is 11.7. The third-order valence-corrected chi connectivity index (χ3v) is 6.93. The number of nitrogens with one attached hydrogen (secondary N) is 2. The van der Waals surface area contributed by atoms with Gasteiger partial charge in [0.1, 0.15) is 6.61 Å². The fourth-order valence-corrected chi connectivity index (χ4v) is 4.46. The van der Waals surface area contributed by atoms with Gasteiger partial charge < -0.3 is 25.0 Å². The van der Waals surface area contributed by atoms with Crippen LogP contribution in [0.15, 0.2) is 60.8 Å². The lowest BCUT2D eigenvalue weighted by molar-refractivity contribution is 0.0964. The number of aromatic nitrogens is 1. The van der Waals surface area contributed by atoms with Gasteiger partial charge in [0.05, 0.1) is 18.2 Å². The van der Waals surface area contributed by atoms with Crippen molar-refractivity contribution < 1.29 is 14.3 Å². The van der Waals surface area contributed by atoms with Gasteiger partial charge in [0, 0.05) is 41.6 Å². The van der Waals surface area contributed by atoms with Crippen LogP contribution in [-0.4, -0.2) is 56.2 Å². The molecule has 1 aromatic heterocycles. The third-order valence-electron chi connectivity index (χ3n) is 6.93. The van der Waals surface area contributed by atoms with E-state index in [1.54, 1.807) is 20.4 Å². The zero-order valence-corrected chi connectivity index (χ0v) is 20.5. The van der Waals surface area contributed by atoms with Crippen LogP contribution in [0.2, 0.25) is 0 Å². The topological polar surface area (TPSA) is 75.7 Å². The number of likely N-dealkylation sites (N-methyl/N-ethyl adjacent to an activating group) is 1. The molecular formula is C28H30N4O3. The van der Waals surface area contributed by atoms with Gasteiger partial charge in [-0.15, -0.1) is 0 Å². The Balaban J connectivity index is 1.46. The maximum atomic E-state index is 12.2. The SMILES string of the molecule is CNC(=O)c1cccc2cc(Nc3ccnc4cc(OCC5(N(C)C)CC5)c(OC)cc34)ccc12. The lowest BCUT2D eigenvalue weighted by Crippen LogP contribution is -2.35. The number of carbonyl (C=O) groups is 1. The molecule has 2 N–H and O–H groups in total. The number of rotatable bonds is 8. The second-order valence-corrected chi connectivity index (χ2v) is 9.23. The fourth-order valence-electron chi connectivity index (χ4n) is 4.46. The van der Waals surface area contributed by atoms with Gasteiger partial charge in [-0.05, 0) is 68.0 Å². The highest BCUT2D eigenvalue weighted by atomic mass is 16.5. The Morgan fingerprint density at radius 1 is 1.06 bits per heavy atom. The molecule has 1 saturated carbocycles. The van der Waals surface area contributed by atoms with Crippen molar-refractivity contribution in [3.63, 3.8) is 0 Å². The minimum absolute atomic E-state index is 0.0975. The summed E-state index contributed by atoms with van der Waals surface area (Å²) in [6, 6.07) is 17.6. The van der Waals surface area contributed by atoms with E-state index in [0.717, 1.165) is 45.9 Å². The number of methoxy groups -OCH3 is 1. The highest BCUT2D eigenvalue weighted by Crippen LogP contribution is 2.42. The number of carbonyl (C=O) groups excluding carboxylic acids is 1. The average Bonchev–Trinajstić information content (AvgIpc) is 3.67. The second-order valence-electron chi connectivity index (χ2n) is 9.23. The maximum Gasteiger partial charge on any atom is 0.251 e. The number of nitrogens with zero attached hydrogens (tertiary/aromatic N) is 2. The summed E-state index contributed by atoms with van der Waals surface area (Å²) in [5.41, 5.74) is 3.42. The molecule has 7 heteroatoms. The molecule has 0 aliphatic heterocycles. The summed E-state index contributed by atoms with van der Waals surface area (Å²) in [6.07, 6.45) is 4.06. The molecular weight excluding hydrogens is 440 g/mol. The molecule has 1 fully saturated rings. The number of hydrogen-bond acceptors (Lipinski definition) is 6. The number of benzene rings is 3. The maximum absolute atomic E-state index is 12.2. The lowest BCUT2D eigenvalue weighted by Gasteiger charge is -2.24. The quantitative estimate of drug-likeness (QED) is 0.379. The molecule has 1 aliphatic rings. The molecule has 1 amide bonds. The van der Waals surface area contributed by atoms with Gasteiger partial charge in [-0.1, -0.05) is 18.2 Å². The normalized spacial score (nSPS) is 14.2. The van der Waals surface area contributed by atoms with Gasteiger partial charge in [-0.25, -0.2) is 0 Å². The van der Waals surface area contributed by atoms with Crippen molar-refractivity contribution in [3.8, 4) is 11.5 Å². The highest BCUT2D eigenvalue weighted by molar-refractivity contribution is 6.07. The Labute approximate surface area is 205 Å². The minimum atomic E-state index is -0.0975. The zero-order chi connectivity index (χ0) is 24.6. The first kappa shape index (κ1) is 22.9. The second kappa shape index (κ2) is 9.07. The summed E-state index contributed by atoms with van der Waals surface area (Å²) in [7, 11) is 7.49. The van der Waals surface area contributed by atoms with Crippen molar-refractivity contribution in [2.45, 2.75) is 18.4 Å². The van der Waals surface area contributed by atoms with Crippen LogP contribution in [0.1, 0.15) is 23.2 Å². The van der Waals surface area contributed by atoms with Crippen LogP contribution in [0.5, 0.6) is 11.5 Å². The van der Waals surface area contributed by atoms with E-state index in [1.165, 1.54) is 0 Å². The van der Waals surface area contributed by atoms with Crippen molar-refractivity contribution in [1.29, 1.82) is 0 Å². The van der Waals surface area contributed by atoms with E-state index < -0.39 is 0 Å². The van der Waals surface area contributed by atoms with Crippen LogP contribution in [0.3, 0.4) is 0 Å². The minimum Gasteiger partial charge on any atom is -0.493 e. The van der Waals surface area contributed by atoms with Crippen molar-refractivity contribution >= 4 is 39.0 Å². The highest BCUT2D eigenvalue weighted by Gasteiger charge is 2.45. The summed E-state index contributed by atoms with van der Waals surface area (Å²) in [6.45, 7) is 0.620. The van der Waals surface area contributed by atoms with Gasteiger partial charge in [-0.2, -0.15) is 0 Å². The smallest absolute Gasteiger partial charge is 0.251 e. The number of amides is 1. The van der Waals surface area contributed by atoms with E-state index in [0.29, 0.717) is 23.7 Å². The first-order chi connectivity index (χ1) is 16.9. The molecule has 35 heavy (non-hydrogen) atoms. The molecule has 0 bridgehead atoms. The van der Waals surface area contributed by atoms with Crippen LogP contribution in [0.4, 0.5) is 11.4 Å². The molecule has 0 atom stereocenters. The van der Waals surface area contributed by atoms with Crippen LogP contribution in [-0.2, 0) is 0 Å². The Morgan fingerprint density at radius 2 is 1.89 bits per heavy atom. The molecule has 0 unspecified atom stereocenters. The third kappa shape index (κ3) is 4.35. The Bertz CT molecular complexity index is 1410. The van der Waals surface area contributed by atoms with Gasteiger partial charge in [0.25, 0.3) is 5.91 Å². The van der Waals surface area contributed by atoms with Crippen molar-refractivity contribution in [2.75, 3.05) is 40.2 Å². The molecule has 5 rings (SSSR count). The fraction of sp³-hybridized carbons (Fsp3) is 0.286. The molecule has 1 heterocycles. The largest absolute Gasteiger partial charge is 0.493 e. The zero-order valence-electron chi connectivity index (χ0n) is 20.5. The van der Waals surface area contributed by atoms with Crippen LogP contribution >= 0.6 is 0 Å². The van der Waals surface area contributed by atoms with Gasteiger partial charge in [0.2, 0.25) is 0 Å². The molecule has 0 radical (unpaired) electrons. The standard InChI is InChI=1S/C28H30N4O3/c1-29-27(33)21-7-5-6-18-14-19(8-9-20(18)21)31-23-10-13-30-24-16-26(25(34-4)15-22(23)24)35-17-28(11-12-28)32(2)3/h5-10,13-16H,11-12,17H2,1-4H3,(H,29,33)(H,30,31). The molecule has 180 valence electrons. The van der Waals surface area contributed by atoms with Crippen molar-refractivity contribution in [1.82, 2.24) is 15.2 Å². The lowest BCUT2D eigenvalue weighted by atomic mass is 10.0. The summed E-state index contributed by atoms with van der Waals surface area (Å²) < 4.78 is 11.9. The summed E-state index contributed by atoms with van der Waals surface area (Å²) in [5.74, 6) is 1.28. The summed E-state index contributed by atoms with van der Waals surface area (Å²) >= 11 is 0. The van der Waals surface area contributed by atoms with Gasteiger partial charge >= 0.3 is 0 Å². The van der Waals surface area contributed by atoms with E-state index in [-0.39, 0.29) is 11.4 Å². The molecule has 3 aromatic carbocycles. The van der Waals surface area contributed by atoms with E-state index in [4.69, 9.17) is 9.47 Å². The molecule has 7 nitrogen and oxygen atoms in total. The van der Waals surface area contributed by atoms with Gasteiger partial charge in [-0.3, -0.25) is 9.78 Å². The van der Waals surface area contributed by atoms with Crippen LogP contribution < -0.4 is 20.1 Å². The first-order valence-corrected chi connectivity index (χ1v) is 11.7. The van der Waals surface area contributed by atoms with E-state index in [1.807, 2.05) is 54.6 Å². The number of pyridine rings is 1. The van der Waals surface area contributed by atoms with Crippen LogP contribution in [0.25, 0.3) is 21.7 Å². The number of anilines is 2.